The third-order valence-electron chi connectivity index (χ3n) is 3.94. The molecule has 1 amide bonds. The molecule has 1 aromatic carbocycles. The second-order valence-corrected chi connectivity index (χ2v) is 6.72. The normalized spacial score (nSPS) is 16.9. The molecular formula is C17H15FN4O2S. The molecule has 2 aromatic heterocycles. The van der Waals surface area contributed by atoms with Crippen molar-refractivity contribution >= 4 is 22.9 Å². The van der Waals surface area contributed by atoms with Crippen LogP contribution in [0.25, 0.3) is 5.69 Å². The Morgan fingerprint density at radius 1 is 1.44 bits per heavy atom. The van der Waals surface area contributed by atoms with Crippen LogP contribution in [0.1, 0.15) is 33.6 Å². The van der Waals surface area contributed by atoms with E-state index in [1.54, 1.807) is 29.1 Å². The quantitative estimate of drug-likeness (QED) is 0.774. The molecule has 1 aliphatic rings. The van der Waals surface area contributed by atoms with Gasteiger partial charge in [0.1, 0.15) is 21.8 Å². The maximum atomic E-state index is 14.2. The van der Waals surface area contributed by atoms with Crippen LogP contribution >= 0.6 is 11.3 Å². The van der Waals surface area contributed by atoms with Gasteiger partial charge in [-0.2, -0.15) is 0 Å². The predicted octanol–water partition coefficient (Wildman–Crippen LogP) is 3.57. The average Bonchev–Trinajstić information content (AvgIpc) is 3.35. The molecule has 4 rings (SSSR count). The van der Waals surface area contributed by atoms with E-state index >= 15 is 0 Å². The third-order valence-corrected chi connectivity index (χ3v) is 5.03. The highest BCUT2D eigenvalue weighted by atomic mass is 32.1. The second-order valence-electron chi connectivity index (χ2n) is 5.65. The Labute approximate surface area is 147 Å². The van der Waals surface area contributed by atoms with E-state index < -0.39 is 5.82 Å². The van der Waals surface area contributed by atoms with Crippen molar-refractivity contribution in [2.75, 3.05) is 11.9 Å². The molecule has 1 atom stereocenters. The van der Waals surface area contributed by atoms with Crippen LogP contribution in [-0.2, 0) is 4.74 Å². The molecule has 0 saturated carbocycles. The van der Waals surface area contributed by atoms with E-state index in [-0.39, 0.29) is 12.0 Å². The Balaban J connectivity index is 1.48. The number of aromatic nitrogens is 3. The standard InChI is InChI=1S/C17H15FN4O2S/c18-12-8-11(3-4-13(12)22-6-5-19-10-22)21-16(23)15-9-20-17(25-15)14-2-1-7-24-14/h3-6,8-10,14H,1-2,7H2,(H,21,23). The number of nitrogens with zero attached hydrogens (tertiary/aromatic N) is 3. The maximum absolute atomic E-state index is 14.2. The second kappa shape index (κ2) is 6.73. The number of imidazole rings is 1. The minimum Gasteiger partial charge on any atom is -0.371 e. The number of anilines is 1. The van der Waals surface area contributed by atoms with E-state index in [0.717, 1.165) is 24.5 Å². The van der Waals surface area contributed by atoms with E-state index in [4.69, 9.17) is 4.74 Å². The highest BCUT2D eigenvalue weighted by Gasteiger charge is 2.22. The van der Waals surface area contributed by atoms with Crippen molar-refractivity contribution in [3.63, 3.8) is 0 Å². The number of ether oxygens (including phenoxy) is 1. The molecule has 128 valence electrons. The van der Waals surface area contributed by atoms with Crippen LogP contribution in [0, 0.1) is 5.82 Å². The van der Waals surface area contributed by atoms with Gasteiger partial charge in [-0.1, -0.05) is 0 Å². The summed E-state index contributed by atoms with van der Waals surface area (Å²) in [6.45, 7) is 0.730. The van der Waals surface area contributed by atoms with Gasteiger partial charge in [-0.3, -0.25) is 4.79 Å². The Hall–Kier alpha value is -2.58. The molecule has 3 heterocycles. The van der Waals surface area contributed by atoms with Gasteiger partial charge in [0.25, 0.3) is 5.91 Å². The first-order valence-corrected chi connectivity index (χ1v) is 8.69. The number of nitrogens with one attached hydrogen (secondary N) is 1. The number of benzene rings is 1. The van der Waals surface area contributed by atoms with E-state index in [0.29, 0.717) is 16.3 Å². The molecular weight excluding hydrogens is 343 g/mol. The topological polar surface area (TPSA) is 69.0 Å². The lowest BCUT2D eigenvalue weighted by Crippen LogP contribution is -2.10. The Morgan fingerprint density at radius 2 is 2.36 bits per heavy atom. The monoisotopic (exact) mass is 358 g/mol. The largest absolute Gasteiger partial charge is 0.371 e. The fourth-order valence-electron chi connectivity index (χ4n) is 2.70. The highest BCUT2D eigenvalue weighted by molar-refractivity contribution is 7.13. The first-order chi connectivity index (χ1) is 12.2. The summed E-state index contributed by atoms with van der Waals surface area (Å²) in [4.78, 5) is 21.0. The Bertz CT molecular complexity index is 888. The van der Waals surface area contributed by atoms with Crippen molar-refractivity contribution in [3.05, 3.63) is 58.8 Å². The summed E-state index contributed by atoms with van der Waals surface area (Å²) in [7, 11) is 0. The smallest absolute Gasteiger partial charge is 0.267 e. The van der Waals surface area contributed by atoms with Crippen LogP contribution in [0.3, 0.4) is 0 Å². The van der Waals surface area contributed by atoms with Crippen molar-refractivity contribution < 1.29 is 13.9 Å². The predicted molar refractivity (Wildman–Crippen MR) is 91.5 cm³/mol. The molecule has 8 heteroatoms. The van der Waals surface area contributed by atoms with Crippen LogP contribution in [0.2, 0.25) is 0 Å². The summed E-state index contributed by atoms with van der Waals surface area (Å²) in [5, 5.41) is 3.51. The number of thiazole rings is 1. The summed E-state index contributed by atoms with van der Waals surface area (Å²) < 4.78 is 21.4. The lowest BCUT2D eigenvalue weighted by Gasteiger charge is -2.08. The minimum atomic E-state index is -0.444. The molecule has 0 spiro atoms. The first kappa shape index (κ1) is 15.9. The zero-order valence-corrected chi connectivity index (χ0v) is 14.0. The maximum Gasteiger partial charge on any atom is 0.267 e. The number of hydrogen-bond acceptors (Lipinski definition) is 5. The molecule has 3 aromatic rings. The first-order valence-electron chi connectivity index (χ1n) is 7.87. The summed E-state index contributed by atoms with van der Waals surface area (Å²) >= 11 is 1.31. The Morgan fingerprint density at radius 3 is 3.08 bits per heavy atom. The minimum absolute atomic E-state index is 0.0153. The molecule has 1 saturated heterocycles. The summed E-state index contributed by atoms with van der Waals surface area (Å²) in [6.07, 6.45) is 8.20. The number of carbonyl (C=O) groups is 1. The molecule has 1 unspecified atom stereocenters. The fourth-order valence-corrected chi connectivity index (χ4v) is 3.60. The lowest BCUT2D eigenvalue weighted by atomic mass is 10.2. The van der Waals surface area contributed by atoms with E-state index in [2.05, 4.69) is 15.3 Å². The zero-order valence-electron chi connectivity index (χ0n) is 13.2. The molecule has 0 aliphatic carbocycles. The van der Waals surface area contributed by atoms with Gasteiger partial charge >= 0.3 is 0 Å². The van der Waals surface area contributed by atoms with E-state index in [9.17, 15) is 9.18 Å². The number of amides is 1. The fraction of sp³-hybridized carbons (Fsp3) is 0.235. The van der Waals surface area contributed by atoms with Crippen LogP contribution in [0.15, 0.2) is 43.1 Å². The Kier molecular flexibility index (Phi) is 4.29. The van der Waals surface area contributed by atoms with Gasteiger partial charge in [0.15, 0.2) is 0 Å². The van der Waals surface area contributed by atoms with Crippen LogP contribution < -0.4 is 5.32 Å². The van der Waals surface area contributed by atoms with Gasteiger partial charge in [0.2, 0.25) is 0 Å². The van der Waals surface area contributed by atoms with Crippen molar-refractivity contribution in [1.29, 1.82) is 0 Å². The van der Waals surface area contributed by atoms with E-state index in [1.165, 1.54) is 29.9 Å². The number of rotatable bonds is 4. The van der Waals surface area contributed by atoms with E-state index in [1.807, 2.05) is 0 Å². The van der Waals surface area contributed by atoms with Gasteiger partial charge in [-0.15, -0.1) is 11.3 Å². The molecule has 6 nitrogen and oxygen atoms in total. The molecule has 1 aliphatic heterocycles. The van der Waals surface area contributed by atoms with Crippen molar-refractivity contribution in [1.82, 2.24) is 14.5 Å². The van der Waals surface area contributed by atoms with Crippen molar-refractivity contribution in [2.24, 2.45) is 0 Å². The third kappa shape index (κ3) is 3.31. The molecule has 1 N–H and O–H groups in total. The van der Waals surface area contributed by atoms with Gasteiger partial charge in [0, 0.05) is 24.7 Å². The van der Waals surface area contributed by atoms with Gasteiger partial charge in [-0.05, 0) is 31.0 Å². The summed E-state index contributed by atoms with van der Waals surface area (Å²) in [5.41, 5.74) is 0.757. The summed E-state index contributed by atoms with van der Waals surface area (Å²) in [5.74, 6) is -0.753. The lowest BCUT2D eigenvalue weighted by molar-refractivity contribution is 0.103. The zero-order chi connectivity index (χ0) is 17.2. The van der Waals surface area contributed by atoms with Crippen molar-refractivity contribution in [2.45, 2.75) is 18.9 Å². The molecule has 0 bridgehead atoms. The van der Waals surface area contributed by atoms with Gasteiger partial charge in [0.05, 0.1) is 18.2 Å². The number of halogens is 1. The van der Waals surface area contributed by atoms with Crippen LogP contribution in [0.4, 0.5) is 10.1 Å². The van der Waals surface area contributed by atoms with Gasteiger partial charge in [-0.25, -0.2) is 14.4 Å². The molecule has 1 fully saturated rings. The van der Waals surface area contributed by atoms with Gasteiger partial charge < -0.3 is 14.6 Å². The van der Waals surface area contributed by atoms with Crippen LogP contribution in [-0.4, -0.2) is 27.0 Å². The summed E-state index contributed by atoms with van der Waals surface area (Å²) in [6, 6.07) is 4.53. The highest BCUT2D eigenvalue weighted by Crippen LogP contribution is 2.31. The number of carbonyl (C=O) groups excluding carboxylic acids is 1. The van der Waals surface area contributed by atoms with Crippen LogP contribution in [0.5, 0.6) is 0 Å². The SMILES string of the molecule is O=C(Nc1ccc(-n2ccnc2)c(F)c1)c1cnc(C2CCCO2)s1. The average molecular weight is 358 g/mol. The molecule has 25 heavy (non-hydrogen) atoms. The molecule has 0 radical (unpaired) electrons. The number of hydrogen-bond donors (Lipinski definition) is 1. The van der Waals surface area contributed by atoms with Crippen molar-refractivity contribution in [3.8, 4) is 5.69 Å².